The number of hydrogen-bond acceptors (Lipinski definition) is 3. The van der Waals surface area contributed by atoms with Gasteiger partial charge in [0.2, 0.25) is 0 Å². The van der Waals surface area contributed by atoms with Gasteiger partial charge in [0.15, 0.2) is 0 Å². The Kier molecular flexibility index (Phi) is 16.5. The highest BCUT2D eigenvalue weighted by Gasteiger charge is 2.01. The number of nitrogens with zero attached hydrogens (tertiary/aromatic N) is 2. The zero-order chi connectivity index (χ0) is 13.5. The van der Waals surface area contributed by atoms with Gasteiger partial charge in [-0.1, -0.05) is 40.0 Å². The van der Waals surface area contributed by atoms with Gasteiger partial charge in [0, 0.05) is 0 Å². The highest BCUT2D eigenvalue weighted by Crippen LogP contribution is 2.01. The molecule has 0 fully saturated rings. The zero-order valence-corrected chi connectivity index (χ0v) is 11.5. The summed E-state index contributed by atoms with van der Waals surface area (Å²) in [7, 11) is 0. The minimum absolute atomic E-state index is 1.32. The van der Waals surface area contributed by atoms with Crippen molar-refractivity contribution in [2.45, 2.75) is 59.3 Å². The van der Waals surface area contributed by atoms with Gasteiger partial charge in [0.05, 0.1) is 0 Å². The third kappa shape index (κ3) is 21.1. The molecule has 0 aromatic carbocycles. The largest absolute Gasteiger partial charge is 0.328 e. The first-order chi connectivity index (χ1) is 8.08. The van der Waals surface area contributed by atoms with E-state index in [0.29, 0.717) is 0 Å². The summed E-state index contributed by atoms with van der Waals surface area (Å²) in [5.41, 5.74) is 0. The van der Waals surface area contributed by atoms with E-state index in [1.54, 1.807) is 0 Å². The van der Waals surface area contributed by atoms with E-state index in [0.717, 1.165) is 0 Å². The second-order valence-corrected chi connectivity index (χ2v) is 4.14. The summed E-state index contributed by atoms with van der Waals surface area (Å²) < 4.78 is 0. The predicted molar refractivity (Wildman–Crippen MR) is 69.9 cm³/mol. The van der Waals surface area contributed by atoms with Crippen molar-refractivity contribution in [3.63, 3.8) is 0 Å². The van der Waals surface area contributed by atoms with Gasteiger partial charge in [0.25, 0.3) is 5.09 Å². The molecule has 0 aliphatic carbocycles. The van der Waals surface area contributed by atoms with Crippen LogP contribution < -0.4 is 0 Å². The number of unbranched alkanes of at least 4 members (excludes halogenated alkanes) is 3. The molecule has 0 amide bonds. The van der Waals surface area contributed by atoms with E-state index in [4.69, 9.17) is 15.3 Å². The van der Waals surface area contributed by atoms with Crippen LogP contribution in [0.15, 0.2) is 0 Å². The van der Waals surface area contributed by atoms with Gasteiger partial charge in [-0.15, -0.1) is 10.1 Å². The van der Waals surface area contributed by atoms with E-state index in [9.17, 15) is 0 Å². The lowest BCUT2D eigenvalue weighted by molar-refractivity contribution is -0.742. The zero-order valence-electron chi connectivity index (χ0n) is 11.5. The first-order valence-corrected chi connectivity index (χ1v) is 6.64. The van der Waals surface area contributed by atoms with E-state index >= 15 is 0 Å². The molecule has 0 saturated heterocycles. The van der Waals surface area contributed by atoms with Crippen molar-refractivity contribution in [3.05, 3.63) is 10.1 Å². The lowest BCUT2D eigenvalue weighted by Crippen LogP contribution is -2.27. The van der Waals surface area contributed by atoms with E-state index < -0.39 is 5.09 Å². The second kappa shape index (κ2) is 15.2. The molecule has 0 bridgehead atoms. The van der Waals surface area contributed by atoms with Crippen LogP contribution in [-0.4, -0.2) is 34.8 Å². The first kappa shape index (κ1) is 18.5. The molecule has 0 spiro atoms. The normalized spacial score (nSPS) is 9.88. The molecule has 0 radical (unpaired) electrons. The predicted octanol–water partition coefficient (Wildman–Crippen LogP) is 3.34. The highest BCUT2D eigenvalue weighted by molar-refractivity contribution is 4.57. The lowest BCUT2D eigenvalue weighted by atomic mass is 10.2. The van der Waals surface area contributed by atoms with Crippen molar-refractivity contribution in [2.24, 2.45) is 0 Å². The van der Waals surface area contributed by atoms with Crippen LogP contribution in [0.5, 0.6) is 0 Å². The van der Waals surface area contributed by atoms with Gasteiger partial charge >= 0.3 is 0 Å². The molecular weight excluding hydrogens is 220 g/mol. The maximum absolute atomic E-state index is 8.36. The molecule has 17 heavy (non-hydrogen) atoms. The fourth-order valence-electron chi connectivity index (χ4n) is 1.48. The van der Waals surface area contributed by atoms with Gasteiger partial charge in [-0.25, -0.2) is 0 Å². The summed E-state index contributed by atoms with van der Waals surface area (Å²) in [6, 6.07) is 0. The van der Waals surface area contributed by atoms with Gasteiger partial charge < -0.3 is 10.1 Å². The van der Waals surface area contributed by atoms with Crippen LogP contribution in [0.25, 0.3) is 0 Å². The molecule has 0 heterocycles. The monoisotopic (exact) mass is 248 g/mol. The fourth-order valence-corrected chi connectivity index (χ4v) is 1.48. The summed E-state index contributed by atoms with van der Waals surface area (Å²) in [5.74, 6) is 0. The smallest absolute Gasteiger partial charge is 0.291 e. The molecule has 1 N–H and O–H groups in total. The molecule has 0 saturated carbocycles. The minimum Gasteiger partial charge on any atom is -0.328 e. The van der Waals surface area contributed by atoms with E-state index in [2.05, 4.69) is 25.7 Å². The fraction of sp³-hybridized carbons (Fsp3) is 1.00. The van der Waals surface area contributed by atoms with Crippen LogP contribution in [-0.2, 0) is 0 Å². The third-order valence-electron chi connectivity index (χ3n) is 2.48. The maximum Gasteiger partial charge on any atom is 0.291 e. The minimum atomic E-state index is -1.50. The molecule has 104 valence electrons. The third-order valence-corrected chi connectivity index (χ3v) is 2.48. The molecule has 5 heteroatoms. The molecule has 0 aliphatic heterocycles. The van der Waals surface area contributed by atoms with Crippen LogP contribution in [0.2, 0.25) is 0 Å². The van der Waals surface area contributed by atoms with Crippen molar-refractivity contribution in [1.82, 2.24) is 4.90 Å². The van der Waals surface area contributed by atoms with Crippen molar-refractivity contribution in [2.75, 3.05) is 19.6 Å². The summed E-state index contributed by atoms with van der Waals surface area (Å²) in [6.07, 6.45) is 8.09. The summed E-state index contributed by atoms with van der Waals surface area (Å²) in [5, 5.41) is 13.6. The van der Waals surface area contributed by atoms with E-state index in [-0.39, 0.29) is 0 Å². The van der Waals surface area contributed by atoms with Crippen LogP contribution in [0, 0.1) is 10.1 Å². The summed E-state index contributed by atoms with van der Waals surface area (Å²) in [6.45, 7) is 10.8. The van der Waals surface area contributed by atoms with E-state index in [1.165, 1.54) is 58.2 Å². The lowest BCUT2D eigenvalue weighted by Gasteiger charge is -2.21. The average Bonchev–Trinajstić information content (AvgIpc) is 2.27. The van der Waals surface area contributed by atoms with Gasteiger partial charge in [0.1, 0.15) is 0 Å². The average molecular weight is 248 g/mol. The standard InChI is InChI=1S/C12H27N.HNO3/c1-4-7-10-13(11-8-5-2)12-9-6-3;2-1(3)4/h4-12H2,1-3H3;(H,2,3,4). The molecule has 0 aromatic heterocycles. The molecule has 0 aromatic rings. The summed E-state index contributed by atoms with van der Waals surface area (Å²) >= 11 is 0. The Morgan fingerprint density at radius 2 is 1.18 bits per heavy atom. The van der Waals surface area contributed by atoms with Gasteiger partial charge in [-0.3, -0.25) is 0 Å². The van der Waals surface area contributed by atoms with Crippen LogP contribution in [0.1, 0.15) is 59.3 Å². The van der Waals surface area contributed by atoms with Crippen molar-refractivity contribution < 1.29 is 10.3 Å². The van der Waals surface area contributed by atoms with E-state index in [1.807, 2.05) is 0 Å². The second-order valence-electron chi connectivity index (χ2n) is 4.14. The van der Waals surface area contributed by atoms with Gasteiger partial charge in [-0.2, -0.15) is 0 Å². The van der Waals surface area contributed by atoms with Crippen molar-refractivity contribution in [1.29, 1.82) is 0 Å². The van der Waals surface area contributed by atoms with Crippen LogP contribution in [0.3, 0.4) is 0 Å². The van der Waals surface area contributed by atoms with Crippen molar-refractivity contribution in [3.8, 4) is 0 Å². The summed E-state index contributed by atoms with van der Waals surface area (Å²) in [4.78, 5) is 11.0. The molecule has 0 rings (SSSR count). The van der Waals surface area contributed by atoms with Crippen LogP contribution in [0.4, 0.5) is 0 Å². The first-order valence-electron chi connectivity index (χ1n) is 6.64. The number of hydrogen-bond donors (Lipinski definition) is 1. The molecular formula is C12H28N2O3. The Morgan fingerprint density at radius 1 is 0.941 bits per heavy atom. The molecule has 0 atom stereocenters. The number of rotatable bonds is 9. The Hall–Kier alpha value is -0.840. The Morgan fingerprint density at radius 3 is 1.35 bits per heavy atom. The molecule has 0 unspecified atom stereocenters. The topological polar surface area (TPSA) is 66.6 Å². The Bertz CT molecular complexity index is 143. The Balaban J connectivity index is 0. The maximum atomic E-state index is 8.36. The quantitative estimate of drug-likeness (QED) is 0.502. The van der Waals surface area contributed by atoms with Crippen LogP contribution >= 0.6 is 0 Å². The Labute approximate surface area is 105 Å². The highest BCUT2D eigenvalue weighted by atomic mass is 16.9. The molecule has 5 nitrogen and oxygen atoms in total. The SMILES string of the molecule is CCCCN(CCCC)CCCC.O=[N+]([O-])O. The molecule has 0 aliphatic rings. The van der Waals surface area contributed by atoms with Crippen molar-refractivity contribution >= 4 is 0 Å². The van der Waals surface area contributed by atoms with Gasteiger partial charge in [-0.05, 0) is 38.9 Å².